The number of rotatable bonds is 5. The van der Waals surface area contributed by atoms with Crippen molar-refractivity contribution in [1.29, 1.82) is 0 Å². The van der Waals surface area contributed by atoms with Crippen LogP contribution in [0.15, 0.2) is 12.3 Å². The highest BCUT2D eigenvalue weighted by Gasteiger charge is 2.53. The van der Waals surface area contributed by atoms with Gasteiger partial charge in [-0.1, -0.05) is 0 Å². The van der Waals surface area contributed by atoms with Gasteiger partial charge in [-0.05, 0) is 44.6 Å². The van der Waals surface area contributed by atoms with E-state index in [-0.39, 0.29) is 30.7 Å². The van der Waals surface area contributed by atoms with Crippen molar-refractivity contribution in [2.45, 2.75) is 38.6 Å². The summed E-state index contributed by atoms with van der Waals surface area (Å²) in [6, 6.07) is 2.22. The molecule has 0 radical (unpaired) electrons. The van der Waals surface area contributed by atoms with Gasteiger partial charge in [0.05, 0.1) is 30.7 Å². The van der Waals surface area contributed by atoms with Gasteiger partial charge in [-0.2, -0.15) is 0 Å². The maximum Gasteiger partial charge on any atom is 0.290 e. The van der Waals surface area contributed by atoms with E-state index in [1.54, 1.807) is 12.3 Å². The highest BCUT2D eigenvalue weighted by molar-refractivity contribution is 5.96. The lowest BCUT2D eigenvalue weighted by Gasteiger charge is -2.53. The minimum atomic E-state index is -0.684. The number of aryl methyl sites for hydroxylation is 1. The van der Waals surface area contributed by atoms with E-state index in [1.165, 1.54) is 0 Å². The Morgan fingerprint density at radius 1 is 1.29 bits per heavy atom. The zero-order valence-electron chi connectivity index (χ0n) is 19.6. The molecular weight excluding hydrogens is 442 g/mol. The molecule has 3 atom stereocenters. The Morgan fingerprint density at radius 2 is 2.00 bits per heavy atom. The fourth-order valence-corrected chi connectivity index (χ4v) is 5.65. The highest BCUT2D eigenvalue weighted by Crippen LogP contribution is 2.48. The number of carbonyl (C=O) groups excluding carboxylic acids is 3. The van der Waals surface area contributed by atoms with Crippen LogP contribution >= 0.6 is 0 Å². The molecule has 11 heteroatoms. The van der Waals surface area contributed by atoms with Gasteiger partial charge in [-0.25, -0.2) is 0 Å². The number of piperidine rings is 1. The van der Waals surface area contributed by atoms with Crippen LogP contribution in [-0.2, 0) is 19.1 Å². The lowest BCUT2D eigenvalue weighted by molar-refractivity contribution is -0.144. The number of hydrogen-bond acceptors (Lipinski definition) is 6. The monoisotopic (exact) mass is 477 g/mol. The number of ether oxygens (including phenoxy) is 1. The number of aromatic nitrogens is 1. The van der Waals surface area contributed by atoms with Crippen LogP contribution in [0.3, 0.4) is 0 Å². The van der Waals surface area contributed by atoms with Gasteiger partial charge in [0.2, 0.25) is 11.8 Å². The van der Waals surface area contributed by atoms with E-state index in [0.717, 1.165) is 51.3 Å². The normalized spacial score (nSPS) is 27.0. The van der Waals surface area contributed by atoms with E-state index in [0.29, 0.717) is 31.1 Å². The van der Waals surface area contributed by atoms with E-state index in [4.69, 9.17) is 20.4 Å². The Labute approximate surface area is 199 Å². The molecule has 0 bridgehead atoms. The number of H-pyrrole nitrogens is 1. The minimum Gasteiger partial charge on any atom is -0.483 e. The van der Waals surface area contributed by atoms with Crippen LogP contribution in [-0.4, -0.2) is 96.1 Å². The van der Waals surface area contributed by atoms with Crippen LogP contribution in [0, 0.1) is 18.3 Å². The Kier molecular flexibility index (Phi) is 8.67. The molecule has 1 saturated carbocycles. The van der Waals surface area contributed by atoms with Crippen LogP contribution in [0.1, 0.15) is 41.7 Å². The van der Waals surface area contributed by atoms with E-state index < -0.39 is 11.3 Å². The standard InChI is InChI=1S/C22H33N5O4.CH2O2/c1-15-18(3-6-24-15)20(29)27-7-4-16-12-17(26-8-10-31-11-9-26)2-5-22(16,14-27)21(30)25-13-19(23)28;2-1-3/h3,6,16-17,24H,2,4-5,7-14H2,1H3,(H2,23,28)(H,25,30);1H,(H,2,3)/t16-,17-,22-;/m1./s1. The summed E-state index contributed by atoms with van der Waals surface area (Å²) < 4.78 is 5.50. The first kappa shape index (κ1) is 25.7. The molecule has 1 aliphatic carbocycles. The molecule has 3 heterocycles. The fraction of sp³-hybridized carbons (Fsp3) is 0.652. The van der Waals surface area contributed by atoms with Crippen LogP contribution in [0.4, 0.5) is 0 Å². The summed E-state index contributed by atoms with van der Waals surface area (Å²) >= 11 is 0. The molecule has 3 amide bonds. The predicted molar refractivity (Wildman–Crippen MR) is 123 cm³/mol. The smallest absolute Gasteiger partial charge is 0.290 e. The van der Waals surface area contributed by atoms with Gasteiger partial charge in [0.25, 0.3) is 12.4 Å². The maximum absolute atomic E-state index is 13.4. The lowest BCUT2D eigenvalue weighted by Crippen LogP contribution is -2.62. The molecule has 4 rings (SSSR count). The molecule has 2 aliphatic heterocycles. The number of amides is 3. The van der Waals surface area contributed by atoms with Gasteiger partial charge in [0, 0.05) is 44.1 Å². The summed E-state index contributed by atoms with van der Waals surface area (Å²) in [5.74, 6) is -0.595. The topological polar surface area (TPSA) is 158 Å². The van der Waals surface area contributed by atoms with Crippen molar-refractivity contribution in [3.8, 4) is 0 Å². The molecule has 0 aromatic carbocycles. The number of primary amides is 1. The summed E-state index contributed by atoms with van der Waals surface area (Å²) in [4.78, 5) is 53.5. The van der Waals surface area contributed by atoms with Crippen molar-refractivity contribution >= 4 is 24.2 Å². The van der Waals surface area contributed by atoms with Crippen LogP contribution in [0.5, 0.6) is 0 Å². The Bertz CT molecular complexity index is 883. The second-order valence-electron chi connectivity index (χ2n) is 9.22. The first-order valence-electron chi connectivity index (χ1n) is 11.7. The van der Waals surface area contributed by atoms with Crippen LogP contribution in [0.25, 0.3) is 0 Å². The summed E-state index contributed by atoms with van der Waals surface area (Å²) in [5.41, 5.74) is 6.06. The van der Waals surface area contributed by atoms with Crippen LogP contribution < -0.4 is 11.1 Å². The average molecular weight is 478 g/mol. The number of nitrogens with one attached hydrogen (secondary N) is 2. The van der Waals surface area contributed by atoms with Crippen molar-refractivity contribution in [2.75, 3.05) is 45.9 Å². The number of morpholine rings is 1. The third-order valence-corrected chi connectivity index (χ3v) is 7.39. The molecule has 11 nitrogen and oxygen atoms in total. The lowest BCUT2D eigenvalue weighted by atomic mass is 9.60. The molecule has 5 N–H and O–H groups in total. The van der Waals surface area contributed by atoms with Gasteiger partial charge in [0.1, 0.15) is 0 Å². The quantitative estimate of drug-likeness (QED) is 0.433. The first-order valence-corrected chi connectivity index (χ1v) is 11.7. The summed E-state index contributed by atoms with van der Waals surface area (Å²) in [6.45, 7) is 5.82. The number of fused-ring (bicyclic) bond motifs is 1. The maximum atomic E-state index is 13.4. The zero-order chi connectivity index (χ0) is 24.7. The Morgan fingerprint density at radius 3 is 2.62 bits per heavy atom. The van der Waals surface area contributed by atoms with E-state index in [9.17, 15) is 14.4 Å². The fourth-order valence-electron chi connectivity index (χ4n) is 5.65. The largest absolute Gasteiger partial charge is 0.483 e. The number of carboxylic acid groups (broad SMARTS) is 1. The number of aromatic amines is 1. The van der Waals surface area contributed by atoms with Crippen LogP contribution in [0.2, 0.25) is 0 Å². The van der Waals surface area contributed by atoms with Crippen molar-refractivity contribution in [3.05, 3.63) is 23.5 Å². The van der Waals surface area contributed by atoms with Gasteiger partial charge in [0.15, 0.2) is 0 Å². The third kappa shape index (κ3) is 5.58. The number of nitrogens with zero attached hydrogens (tertiary/aromatic N) is 2. The van der Waals surface area contributed by atoms with E-state index in [2.05, 4.69) is 15.2 Å². The molecule has 0 unspecified atom stereocenters. The highest BCUT2D eigenvalue weighted by atomic mass is 16.5. The van der Waals surface area contributed by atoms with Gasteiger partial charge < -0.3 is 30.8 Å². The molecule has 0 spiro atoms. The molecule has 2 saturated heterocycles. The number of nitrogens with two attached hydrogens (primary N) is 1. The molecule has 188 valence electrons. The summed E-state index contributed by atoms with van der Waals surface area (Å²) in [6.07, 6.45) is 5.05. The molecule has 34 heavy (non-hydrogen) atoms. The third-order valence-electron chi connectivity index (χ3n) is 7.39. The summed E-state index contributed by atoms with van der Waals surface area (Å²) in [7, 11) is 0. The SMILES string of the molecule is Cc1[nH]ccc1C(=O)N1CC[C@@H]2C[C@H](N3CCOCC3)CC[C@@]2(C(=O)NCC(N)=O)C1.O=CO. The number of likely N-dealkylation sites (tertiary alicyclic amines) is 1. The molecule has 1 aromatic rings. The second kappa shape index (κ2) is 11.5. The first-order chi connectivity index (χ1) is 16.3. The van der Waals surface area contributed by atoms with E-state index in [1.807, 2.05) is 11.8 Å². The molecular formula is C23H35N5O6. The number of carbonyl (C=O) groups is 4. The molecule has 3 aliphatic rings. The molecule has 3 fully saturated rings. The molecule has 1 aromatic heterocycles. The van der Waals surface area contributed by atoms with Crippen molar-refractivity contribution in [1.82, 2.24) is 20.1 Å². The van der Waals surface area contributed by atoms with Crippen molar-refractivity contribution in [2.24, 2.45) is 17.1 Å². The van der Waals surface area contributed by atoms with Gasteiger partial charge in [-0.15, -0.1) is 0 Å². The predicted octanol–water partition coefficient (Wildman–Crippen LogP) is -0.0414. The summed E-state index contributed by atoms with van der Waals surface area (Å²) in [5, 5.41) is 9.64. The Hall–Kier alpha value is -2.92. The van der Waals surface area contributed by atoms with Crippen molar-refractivity contribution < 1.29 is 29.0 Å². The van der Waals surface area contributed by atoms with Gasteiger partial charge in [-0.3, -0.25) is 24.1 Å². The number of hydrogen-bond donors (Lipinski definition) is 4. The second-order valence-corrected chi connectivity index (χ2v) is 9.22. The zero-order valence-corrected chi connectivity index (χ0v) is 19.6. The van der Waals surface area contributed by atoms with Gasteiger partial charge >= 0.3 is 0 Å². The minimum absolute atomic E-state index is 0.0467. The Balaban J connectivity index is 0.00000103. The average Bonchev–Trinajstić information content (AvgIpc) is 3.28. The van der Waals surface area contributed by atoms with Crippen molar-refractivity contribution in [3.63, 3.8) is 0 Å². The van der Waals surface area contributed by atoms with E-state index >= 15 is 0 Å².